The van der Waals surface area contributed by atoms with E-state index >= 15 is 0 Å². The monoisotopic (exact) mass is 217 g/mol. The number of hydrogen-bond donors (Lipinski definition) is 0. The highest BCUT2D eigenvalue weighted by atomic mass is 28.3. The topological polar surface area (TPSA) is 18.5 Å². The van der Waals surface area contributed by atoms with Crippen molar-refractivity contribution < 1.29 is 8.85 Å². The first-order chi connectivity index (χ1) is 6.70. The van der Waals surface area contributed by atoms with E-state index in [1.54, 1.807) is 0 Å². The van der Waals surface area contributed by atoms with Crippen molar-refractivity contribution in [3.63, 3.8) is 0 Å². The highest BCUT2D eigenvalue weighted by Gasteiger charge is 2.13. The van der Waals surface area contributed by atoms with Crippen molar-refractivity contribution in [3.05, 3.63) is 0 Å². The summed E-state index contributed by atoms with van der Waals surface area (Å²) in [5.41, 5.74) is 0. The zero-order valence-corrected chi connectivity index (χ0v) is 11.1. The Morgan fingerprint density at radius 3 is 2.00 bits per heavy atom. The lowest BCUT2D eigenvalue weighted by Gasteiger charge is -2.13. The molecule has 0 aliphatic heterocycles. The molecule has 0 saturated heterocycles. The summed E-state index contributed by atoms with van der Waals surface area (Å²) in [5.74, 6) is 0.824. The van der Waals surface area contributed by atoms with Crippen molar-refractivity contribution >= 4 is 9.28 Å². The van der Waals surface area contributed by atoms with Gasteiger partial charge in [-0.15, -0.1) is 0 Å². The Kier molecular flexibility index (Phi) is 9.78. The summed E-state index contributed by atoms with van der Waals surface area (Å²) in [4.78, 5) is 0. The minimum absolute atomic E-state index is 0.790. The van der Waals surface area contributed by atoms with Crippen molar-refractivity contribution in [2.75, 3.05) is 13.2 Å². The van der Waals surface area contributed by atoms with E-state index in [1.165, 1.54) is 19.3 Å². The molecule has 0 aromatic carbocycles. The first-order valence-corrected chi connectivity index (χ1v) is 7.34. The second-order valence-electron chi connectivity index (χ2n) is 3.88. The van der Waals surface area contributed by atoms with Gasteiger partial charge in [-0.25, -0.2) is 0 Å². The zero-order valence-electron chi connectivity index (χ0n) is 10.1. The van der Waals surface area contributed by atoms with Crippen LogP contribution in [0.4, 0.5) is 0 Å². The molecule has 0 saturated carbocycles. The Morgan fingerprint density at radius 2 is 1.57 bits per heavy atom. The Labute approximate surface area is 90.8 Å². The van der Waals surface area contributed by atoms with E-state index in [1.807, 2.05) is 13.8 Å². The Morgan fingerprint density at radius 1 is 1.00 bits per heavy atom. The average Bonchev–Trinajstić information content (AvgIpc) is 2.12. The number of rotatable bonds is 9. The number of unbranched alkanes of at least 4 members (excludes halogenated alkanes) is 1. The van der Waals surface area contributed by atoms with Gasteiger partial charge in [-0.05, 0) is 25.8 Å². The highest BCUT2D eigenvalue weighted by molar-refractivity contribution is 6.44. The molecule has 0 fully saturated rings. The second-order valence-corrected chi connectivity index (χ2v) is 5.70. The quantitative estimate of drug-likeness (QED) is 0.435. The maximum absolute atomic E-state index is 5.57. The summed E-state index contributed by atoms with van der Waals surface area (Å²) in [6.45, 7) is 10.2. The van der Waals surface area contributed by atoms with Gasteiger partial charge in [0, 0.05) is 13.2 Å². The Balaban J connectivity index is 3.40. The molecule has 0 heterocycles. The summed E-state index contributed by atoms with van der Waals surface area (Å²) in [6, 6.07) is 1.14. The Bertz CT molecular complexity index is 112. The van der Waals surface area contributed by atoms with Gasteiger partial charge in [0.1, 0.15) is 0 Å². The predicted molar refractivity (Wildman–Crippen MR) is 62.5 cm³/mol. The second kappa shape index (κ2) is 9.68. The van der Waals surface area contributed by atoms with Crippen LogP contribution in [0.25, 0.3) is 0 Å². The van der Waals surface area contributed by atoms with E-state index < -0.39 is 9.28 Å². The van der Waals surface area contributed by atoms with Gasteiger partial charge in [-0.3, -0.25) is 0 Å². The van der Waals surface area contributed by atoms with E-state index in [0.29, 0.717) is 0 Å². The molecule has 85 valence electrons. The smallest absolute Gasteiger partial charge is 0.384 e. The van der Waals surface area contributed by atoms with Gasteiger partial charge in [-0.1, -0.05) is 33.1 Å². The van der Waals surface area contributed by atoms with Gasteiger partial charge >= 0.3 is 9.28 Å². The maximum atomic E-state index is 5.57. The Hall–Kier alpha value is 0.137. The largest absolute Gasteiger partial charge is 0.394 e. The highest BCUT2D eigenvalue weighted by Crippen LogP contribution is 2.11. The lowest BCUT2D eigenvalue weighted by molar-refractivity contribution is 0.212. The normalized spacial score (nSPS) is 11.6. The molecule has 0 rings (SSSR count). The summed E-state index contributed by atoms with van der Waals surface area (Å²) in [5, 5.41) is 0. The summed E-state index contributed by atoms with van der Waals surface area (Å²) < 4.78 is 11.1. The van der Waals surface area contributed by atoms with Gasteiger partial charge < -0.3 is 8.85 Å². The fourth-order valence-electron chi connectivity index (χ4n) is 1.33. The lowest BCUT2D eigenvalue weighted by Crippen LogP contribution is -2.22. The van der Waals surface area contributed by atoms with Crippen LogP contribution in [0.3, 0.4) is 0 Å². The SMILES string of the molecule is CCO[Si](CCCCC(C)C)OCC. The van der Waals surface area contributed by atoms with E-state index in [-0.39, 0.29) is 0 Å². The fraction of sp³-hybridized carbons (Fsp3) is 1.00. The molecule has 0 aliphatic rings. The van der Waals surface area contributed by atoms with E-state index in [0.717, 1.165) is 25.2 Å². The van der Waals surface area contributed by atoms with Crippen LogP contribution in [0.2, 0.25) is 6.04 Å². The summed E-state index contributed by atoms with van der Waals surface area (Å²) in [7, 11) is -0.944. The van der Waals surface area contributed by atoms with Gasteiger partial charge in [0.2, 0.25) is 0 Å². The van der Waals surface area contributed by atoms with Crippen LogP contribution in [0.1, 0.15) is 47.0 Å². The molecule has 2 nitrogen and oxygen atoms in total. The fourth-order valence-corrected chi connectivity index (χ4v) is 2.88. The minimum Gasteiger partial charge on any atom is -0.394 e. The molecule has 0 N–H and O–H groups in total. The molecule has 0 aromatic heterocycles. The molecule has 14 heavy (non-hydrogen) atoms. The van der Waals surface area contributed by atoms with Crippen molar-refractivity contribution in [2.24, 2.45) is 5.92 Å². The van der Waals surface area contributed by atoms with Crippen LogP contribution in [-0.4, -0.2) is 22.5 Å². The molecule has 0 bridgehead atoms. The van der Waals surface area contributed by atoms with Crippen LogP contribution in [0.15, 0.2) is 0 Å². The molecule has 3 heteroatoms. The molecular weight excluding hydrogens is 192 g/mol. The van der Waals surface area contributed by atoms with Crippen LogP contribution < -0.4 is 0 Å². The molecule has 0 atom stereocenters. The molecule has 1 radical (unpaired) electrons. The molecule has 0 aromatic rings. The summed E-state index contributed by atoms with van der Waals surface area (Å²) >= 11 is 0. The van der Waals surface area contributed by atoms with Crippen molar-refractivity contribution in [3.8, 4) is 0 Å². The first kappa shape index (κ1) is 14.1. The maximum Gasteiger partial charge on any atom is 0.384 e. The van der Waals surface area contributed by atoms with Gasteiger partial charge in [0.05, 0.1) is 0 Å². The van der Waals surface area contributed by atoms with Crippen LogP contribution in [0, 0.1) is 5.92 Å². The molecule has 0 aliphatic carbocycles. The third kappa shape index (κ3) is 8.72. The van der Waals surface area contributed by atoms with Crippen molar-refractivity contribution in [2.45, 2.75) is 53.0 Å². The molecule has 0 unspecified atom stereocenters. The van der Waals surface area contributed by atoms with Gasteiger partial charge in [-0.2, -0.15) is 0 Å². The van der Waals surface area contributed by atoms with Crippen molar-refractivity contribution in [1.29, 1.82) is 0 Å². The molecule has 0 spiro atoms. The van der Waals surface area contributed by atoms with Crippen molar-refractivity contribution in [1.82, 2.24) is 0 Å². The minimum atomic E-state index is -0.944. The van der Waals surface area contributed by atoms with Gasteiger partial charge in [0.15, 0.2) is 0 Å². The third-order valence-electron chi connectivity index (χ3n) is 2.02. The van der Waals surface area contributed by atoms with Gasteiger partial charge in [0.25, 0.3) is 0 Å². The van der Waals surface area contributed by atoms with Crippen LogP contribution in [-0.2, 0) is 8.85 Å². The van der Waals surface area contributed by atoms with E-state index in [9.17, 15) is 0 Å². The predicted octanol–water partition coefficient (Wildman–Crippen LogP) is 3.37. The average molecular weight is 217 g/mol. The van der Waals surface area contributed by atoms with E-state index in [2.05, 4.69) is 13.8 Å². The van der Waals surface area contributed by atoms with Crippen LogP contribution in [0.5, 0.6) is 0 Å². The molecular formula is C11H25O2Si. The molecule has 0 amide bonds. The zero-order chi connectivity index (χ0) is 10.8. The van der Waals surface area contributed by atoms with Crippen LogP contribution >= 0.6 is 0 Å². The summed E-state index contributed by atoms with van der Waals surface area (Å²) in [6.07, 6.45) is 3.89. The first-order valence-electron chi connectivity index (χ1n) is 5.82. The lowest BCUT2D eigenvalue weighted by atomic mass is 10.1. The standard InChI is InChI=1S/C11H25O2Si/c1-5-12-14(13-6-2)10-8-7-9-11(3)4/h11H,5-10H2,1-4H3. The third-order valence-corrected chi connectivity index (χ3v) is 4.01. The number of hydrogen-bond acceptors (Lipinski definition) is 2. The van der Waals surface area contributed by atoms with E-state index in [4.69, 9.17) is 8.85 Å².